The second-order valence-electron chi connectivity index (χ2n) is 12.7. The fourth-order valence-corrected chi connectivity index (χ4v) is 6.19. The van der Waals surface area contributed by atoms with Crippen LogP contribution in [-0.2, 0) is 16.0 Å². The third kappa shape index (κ3) is 8.13. The van der Waals surface area contributed by atoms with Crippen molar-refractivity contribution in [2.75, 3.05) is 11.9 Å². The van der Waals surface area contributed by atoms with Gasteiger partial charge in [0.25, 0.3) is 5.91 Å². The molecular formula is C35H39N7O5. The van der Waals surface area contributed by atoms with Crippen molar-refractivity contribution in [1.29, 1.82) is 0 Å². The van der Waals surface area contributed by atoms with Gasteiger partial charge in [-0.25, -0.2) is 4.79 Å². The molecule has 6 N–H and O–H groups in total. The van der Waals surface area contributed by atoms with E-state index in [1.807, 2.05) is 49.4 Å². The smallest absolute Gasteiger partial charge is 0.404 e. The van der Waals surface area contributed by atoms with Crippen LogP contribution in [0.4, 0.5) is 10.5 Å². The van der Waals surface area contributed by atoms with Crippen molar-refractivity contribution in [2.24, 2.45) is 11.8 Å². The van der Waals surface area contributed by atoms with E-state index in [0.29, 0.717) is 42.2 Å². The zero-order chi connectivity index (χ0) is 32.9. The van der Waals surface area contributed by atoms with E-state index >= 15 is 0 Å². The highest BCUT2D eigenvalue weighted by molar-refractivity contribution is 5.99. The number of nitrogens with zero attached hydrogens (tertiary/aromatic N) is 2. The lowest BCUT2D eigenvalue weighted by molar-refractivity contribution is -0.130. The highest BCUT2D eigenvalue weighted by Gasteiger charge is 2.30. The van der Waals surface area contributed by atoms with Gasteiger partial charge >= 0.3 is 6.09 Å². The van der Waals surface area contributed by atoms with Crippen LogP contribution in [0.5, 0.6) is 0 Å². The Morgan fingerprint density at radius 2 is 1.70 bits per heavy atom. The zero-order valence-electron chi connectivity index (χ0n) is 26.2. The van der Waals surface area contributed by atoms with Gasteiger partial charge < -0.3 is 26.4 Å². The van der Waals surface area contributed by atoms with Crippen LogP contribution in [0.3, 0.4) is 0 Å². The highest BCUT2D eigenvalue weighted by atomic mass is 16.4. The number of hydrogen-bond acceptors (Lipinski definition) is 6. The van der Waals surface area contributed by atoms with E-state index < -0.39 is 12.1 Å². The SMILES string of the molecule is Cc1cc(C(=O)NC2CC2)ccc1-c1ccc(C[C@H](NC(=O)[C@H]2CC[C@H](CNC(=O)O)CC2)C(=O)Nc2ccc3[nH]nnc3c2)cc1. The molecule has 2 saturated carbocycles. The summed E-state index contributed by atoms with van der Waals surface area (Å²) >= 11 is 0. The Labute approximate surface area is 272 Å². The average molecular weight is 638 g/mol. The molecule has 244 valence electrons. The molecule has 2 aliphatic carbocycles. The van der Waals surface area contributed by atoms with Crippen LogP contribution in [0.1, 0.15) is 60.0 Å². The van der Waals surface area contributed by atoms with E-state index in [9.17, 15) is 19.2 Å². The molecule has 0 unspecified atom stereocenters. The first-order valence-corrected chi connectivity index (χ1v) is 16.1. The molecule has 0 bridgehead atoms. The summed E-state index contributed by atoms with van der Waals surface area (Å²) < 4.78 is 0. The number of carbonyl (C=O) groups excluding carboxylic acids is 3. The minimum atomic E-state index is -1.05. The normalized spacial score (nSPS) is 18.2. The van der Waals surface area contributed by atoms with Gasteiger partial charge in [0.15, 0.2) is 0 Å². The lowest BCUT2D eigenvalue weighted by Crippen LogP contribution is -2.48. The fourth-order valence-electron chi connectivity index (χ4n) is 6.19. The minimum Gasteiger partial charge on any atom is -0.465 e. The first kappa shape index (κ1) is 31.7. The van der Waals surface area contributed by atoms with E-state index in [-0.39, 0.29) is 36.0 Å². The summed E-state index contributed by atoms with van der Waals surface area (Å²) in [6, 6.07) is 18.3. The van der Waals surface area contributed by atoms with Crippen molar-refractivity contribution in [3.05, 3.63) is 77.4 Å². The van der Waals surface area contributed by atoms with Crippen molar-refractivity contribution in [3.63, 3.8) is 0 Å². The summed E-state index contributed by atoms with van der Waals surface area (Å²) in [7, 11) is 0. The van der Waals surface area contributed by atoms with Gasteiger partial charge in [0.1, 0.15) is 11.6 Å². The Balaban J connectivity index is 1.14. The Bertz CT molecular complexity index is 1770. The van der Waals surface area contributed by atoms with Gasteiger partial charge in [-0.15, -0.1) is 5.10 Å². The quantitative estimate of drug-likeness (QED) is 0.139. The average Bonchev–Trinajstić information content (AvgIpc) is 3.76. The molecular weight excluding hydrogens is 598 g/mol. The van der Waals surface area contributed by atoms with Crippen LogP contribution in [0.25, 0.3) is 22.2 Å². The third-order valence-electron chi connectivity index (χ3n) is 9.09. The number of rotatable bonds is 11. The lowest BCUT2D eigenvalue weighted by Gasteiger charge is -2.29. The number of anilines is 1. The molecule has 12 nitrogen and oxygen atoms in total. The molecule has 2 aliphatic rings. The summed E-state index contributed by atoms with van der Waals surface area (Å²) in [5.41, 5.74) is 6.41. The first-order chi connectivity index (χ1) is 22.7. The van der Waals surface area contributed by atoms with Crippen molar-refractivity contribution in [2.45, 2.75) is 64.0 Å². The van der Waals surface area contributed by atoms with Crippen LogP contribution in [0, 0.1) is 18.8 Å². The number of hydrogen-bond donors (Lipinski definition) is 6. The number of carbonyl (C=O) groups is 4. The lowest BCUT2D eigenvalue weighted by atomic mass is 9.81. The fraction of sp³-hybridized carbons (Fsp3) is 0.371. The molecule has 4 aromatic rings. The molecule has 0 saturated heterocycles. The number of fused-ring (bicyclic) bond motifs is 1. The molecule has 6 rings (SSSR count). The van der Waals surface area contributed by atoms with Gasteiger partial charge in [-0.3, -0.25) is 19.5 Å². The van der Waals surface area contributed by atoms with Crippen LogP contribution in [0.15, 0.2) is 60.7 Å². The number of carboxylic acid groups (broad SMARTS) is 1. The molecule has 4 amide bonds. The van der Waals surface area contributed by atoms with E-state index in [4.69, 9.17) is 5.11 Å². The third-order valence-corrected chi connectivity index (χ3v) is 9.09. The highest BCUT2D eigenvalue weighted by Crippen LogP contribution is 2.29. The van der Waals surface area contributed by atoms with Crippen molar-refractivity contribution >= 4 is 40.5 Å². The summed E-state index contributed by atoms with van der Waals surface area (Å²) in [5.74, 6) is -0.634. The maximum Gasteiger partial charge on any atom is 0.404 e. The molecule has 2 fully saturated rings. The summed E-state index contributed by atoms with van der Waals surface area (Å²) in [5, 5.41) is 30.9. The standard InChI is InChI=1S/C35H39N7O5/c1-20-16-25(33(44)37-26-11-12-26)10-14-28(20)23-6-2-21(3-7-23)17-31(34(45)38-27-13-15-29-30(18-27)41-42-40-29)39-32(43)24-8-4-22(5-9-24)19-36-35(46)47/h2-3,6-7,10,13-16,18,22,24,26,31,36H,4-5,8-9,11-12,17,19H2,1H3,(H,37,44)(H,38,45)(H,39,43)(H,46,47)(H,40,41,42)/t22-,24-,31-/m0/s1. The van der Waals surface area contributed by atoms with Crippen LogP contribution >= 0.6 is 0 Å². The van der Waals surface area contributed by atoms with Gasteiger partial charge in [-0.2, -0.15) is 0 Å². The van der Waals surface area contributed by atoms with Gasteiger partial charge in [0.05, 0.1) is 5.52 Å². The van der Waals surface area contributed by atoms with Crippen molar-refractivity contribution < 1.29 is 24.3 Å². The Morgan fingerprint density at radius 3 is 2.40 bits per heavy atom. The van der Waals surface area contributed by atoms with Gasteiger partial charge in [0.2, 0.25) is 11.8 Å². The van der Waals surface area contributed by atoms with E-state index in [2.05, 4.69) is 36.7 Å². The number of benzene rings is 3. The molecule has 0 spiro atoms. The molecule has 0 radical (unpaired) electrons. The van der Waals surface area contributed by atoms with Gasteiger partial charge in [0, 0.05) is 36.2 Å². The molecule has 47 heavy (non-hydrogen) atoms. The summed E-state index contributed by atoms with van der Waals surface area (Å²) in [6.07, 6.45) is 4.04. The summed E-state index contributed by atoms with van der Waals surface area (Å²) in [6.45, 7) is 2.36. The maximum absolute atomic E-state index is 13.6. The number of aryl methyl sites for hydroxylation is 1. The van der Waals surface area contributed by atoms with Gasteiger partial charge in [-0.1, -0.05) is 35.5 Å². The molecule has 1 aromatic heterocycles. The molecule has 1 heterocycles. The number of H-pyrrole nitrogens is 1. The Hall–Kier alpha value is -5.26. The predicted octanol–water partition coefficient (Wildman–Crippen LogP) is 4.57. The molecule has 1 atom stereocenters. The minimum absolute atomic E-state index is 0.0481. The maximum atomic E-state index is 13.6. The second-order valence-corrected chi connectivity index (χ2v) is 12.7. The molecule has 0 aliphatic heterocycles. The predicted molar refractivity (Wildman–Crippen MR) is 177 cm³/mol. The van der Waals surface area contributed by atoms with Crippen LogP contribution in [-0.4, -0.2) is 63.0 Å². The van der Waals surface area contributed by atoms with Crippen LogP contribution in [0.2, 0.25) is 0 Å². The second kappa shape index (κ2) is 14.0. The van der Waals surface area contributed by atoms with E-state index in [1.165, 1.54) is 0 Å². The van der Waals surface area contributed by atoms with Crippen molar-refractivity contribution in [3.8, 4) is 11.1 Å². The monoisotopic (exact) mass is 637 g/mol. The number of nitrogens with one attached hydrogen (secondary N) is 5. The zero-order valence-corrected chi connectivity index (χ0v) is 26.2. The summed E-state index contributed by atoms with van der Waals surface area (Å²) in [4.78, 5) is 50.4. The van der Waals surface area contributed by atoms with E-state index in [0.717, 1.165) is 53.5 Å². The Morgan fingerprint density at radius 1 is 0.936 bits per heavy atom. The number of aromatic amines is 1. The molecule has 3 aromatic carbocycles. The Kier molecular flexibility index (Phi) is 9.46. The molecule has 12 heteroatoms. The van der Waals surface area contributed by atoms with Gasteiger partial charge in [-0.05, 0) is 104 Å². The van der Waals surface area contributed by atoms with Crippen LogP contribution < -0.4 is 21.3 Å². The van der Waals surface area contributed by atoms with Crippen molar-refractivity contribution in [1.82, 2.24) is 31.4 Å². The topological polar surface area (TPSA) is 178 Å². The first-order valence-electron chi connectivity index (χ1n) is 16.1. The van der Waals surface area contributed by atoms with E-state index in [1.54, 1.807) is 18.2 Å². The number of aromatic nitrogens is 3. The largest absolute Gasteiger partial charge is 0.465 e. The number of amides is 4.